The number of morpholine rings is 1. The summed E-state index contributed by atoms with van der Waals surface area (Å²) in [6.45, 7) is 6.39. The number of nitrogens with zero attached hydrogens (tertiary/aromatic N) is 2. The second-order valence-electron chi connectivity index (χ2n) is 7.75. The molecule has 0 amide bonds. The lowest BCUT2D eigenvalue weighted by Crippen LogP contribution is -2.46. The maximum atomic E-state index is 11.8. The molecule has 0 bridgehead atoms. The summed E-state index contributed by atoms with van der Waals surface area (Å²) in [7, 11) is -1.46. The minimum Gasteiger partial charge on any atom is -0.379 e. The fraction of sp³-hybridized carbons (Fsp3) is 0.435. The number of benzene rings is 2. The summed E-state index contributed by atoms with van der Waals surface area (Å²) in [5.41, 5.74) is 3.01. The van der Waals surface area contributed by atoms with Gasteiger partial charge in [0.15, 0.2) is 15.8 Å². The van der Waals surface area contributed by atoms with Gasteiger partial charge in [0.2, 0.25) is 0 Å². The lowest BCUT2D eigenvalue weighted by Gasteiger charge is -2.35. The Balaban J connectivity index is 0.00000363. The van der Waals surface area contributed by atoms with Gasteiger partial charge in [-0.1, -0.05) is 42.5 Å². The molecule has 176 valence electrons. The van der Waals surface area contributed by atoms with Gasteiger partial charge < -0.3 is 15.4 Å². The molecule has 0 spiro atoms. The second-order valence-corrected chi connectivity index (χ2v) is 9.74. The summed E-state index contributed by atoms with van der Waals surface area (Å²) in [4.78, 5) is 7.16. The van der Waals surface area contributed by atoms with E-state index in [0.717, 1.165) is 44.0 Å². The first-order chi connectivity index (χ1) is 14.9. The molecule has 1 unspecified atom stereocenters. The Bertz CT molecular complexity index is 994. The Morgan fingerprint density at radius 3 is 2.41 bits per heavy atom. The van der Waals surface area contributed by atoms with E-state index >= 15 is 0 Å². The molecular weight excluding hydrogens is 539 g/mol. The van der Waals surface area contributed by atoms with Crippen molar-refractivity contribution in [2.24, 2.45) is 4.99 Å². The van der Waals surface area contributed by atoms with E-state index in [-0.39, 0.29) is 30.0 Å². The van der Waals surface area contributed by atoms with E-state index in [1.807, 2.05) is 25.1 Å². The molecule has 2 aromatic rings. The van der Waals surface area contributed by atoms with Crippen LogP contribution in [0.2, 0.25) is 0 Å². The number of sulfone groups is 1. The van der Waals surface area contributed by atoms with Crippen LogP contribution in [-0.2, 0) is 21.1 Å². The first kappa shape index (κ1) is 26.6. The number of aliphatic imine (C=N–C) groups is 1. The number of hydrogen-bond donors (Lipinski definition) is 2. The third kappa shape index (κ3) is 7.43. The smallest absolute Gasteiger partial charge is 0.191 e. The van der Waals surface area contributed by atoms with Crippen molar-refractivity contribution in [3.63, 3.8) is 0 Å². The van der Waals surface area contributed by atoms with Crippen LogP contribution in [0.5, 0.6) is 0 Å². The summed E-state index contributed by atoms with van der Waals surface area (Å²) in [5, 5.41) is 6.77. The van der Waals surface area contributed by atoms with E-state index in [2.05, 4.69) is 44.8 Å². The molecular formula is C23H33IN4O3S. The lowest BCUT2D eigenvalue weighted by atomic mass is 10.0. The van der Waals surface area contributed by atoms with E-state index in [9.17, 15) is 8.42 Å². The highest BCUT2D eigenvalue weighted by atomic mass is 127. The number of halogens is 1. The molecule has 2 N–H and O–H groups in total. The molecule has 1 heterocycles. The van der Waals surface area contributed by atoms with E-state index in [4.69, 9.17) is 4.74 Å². The van der Waals surface area contributed by atoms with Gasteiger partial charge >= 0.3 is 0 Å². The molecule has 0 radical (unpaired) electrons. The van der Waals surface area contributed by atoms with Crippen molar-refractivity contribution in [2.45, 2.75) is 24.4 Å². The number of ether oxygens (including phenoxy) is 1. The highest BCUT2D eigenvalue weighted by Crippen LogP contribution is 2.21. The van der Waals surface area contributed by atoms with Gasteiger partial charge in [0.05, 0.1) is 24.2 Å². The summed E-state index contributed by atoms with van der Waals surface area (Å²) >= 11 is 0. The van der Waals surface area contributed by atoms with Gasteiger partial charge in [-0.3, -0.25) is 9.89 Å². The van der Waals surface area contributed by atoms with Crippen molar-refractivity contribution in [3.05, 3.63) is 65.2 Å². The normalized spacial score (nSPS) is 16.2. The summed E-state index contributed by atoms with van der Waals surface area (Å²) < 4.78 is 29.2. The van der Waals surface area contributed by atoms with E-state index < -0.39 is 9.84 Å². The Morgan fingerprint density at radius 1 is 1.12 bits per heavy atom. The quantitative estimate of drug-likeness (QED) is 0.302. The fourth-order valence-corrected chi connectivity index (χ4v) is 4.82. The van der Waals surface area contributed by atoms with Gasteiger partial charge in [0, 0.05) is 39.5 Å². The van der Waals surface area contributed by atoms with Crippen LogP contribution in [0, 0.1) is 6.92 Å². The van der Waals surface area contributed by atoms with Gasteiger partial charge in [-0.05, 0) is 29.7 Å². The minimum absolute atomic E-state index is 0. The monoisotopic (exact) mass is 572 g/mol. The van der Waals surface area contributed by atoms with Crippen LogP contribution in [0.3, 0.4) is 0 Å². The van der Waals surface area contributed by atoms with E-state index in [1.165, 1.54) is 11.8 Å². The van der Waals surface area contributed by atoms with Crippen LogP contribution in [0.4, 0.5) is 0 Å². The van der Waals surface area contributed by atoms with E-state index in [1.54, 1.807) is 13.1 Å². The standard InChI is InChI=1S/C23H32N4O3S.HI/c1-18-15-19(9-10-22(18)31(3,28)29)16-25-23(24-2)26-17-21(20-7-5-4-6-8-20)27-11-13-30-14-12-27;/h4-10,15,21H,11-14,16-17H2,1-3H3,(H2,24,25,26);1H. The van der Waals surface area contributed by atoms with Crippen LogP contribution in [0.15, 0.2) is 58.4 Å². The van der Waals surface area contributed by atoms with Gasteiger partial charge in [0.25, 0.3) is 0 Å². The van der Waals surface area contributed by atoms with Crippen molar-refractivity contribution in [3.8, 4) is 0 Å². The molecule has 1 atom stereocenters. The van der Waals surface area contributed by atoms with E-state index in [0.29, 0.717) is 17.4 Å². The zero-order valence-corrected chi connectivity index (χ0v) is 22.0. The maximum Gasteiger partial charge on any atom is 0.191 e. The summed E-state index contributed by atoms with van der Waals surface area (Å²) in [6, 6.07) is 16.1. The van der Waals surface area contributed by atoms with Gasteiger partial charge in [-0.15, -0.1) is 24.0 Å². The molecule has 0 saturated carbocycles. The molecule has 0 aromatic heterocycles. The SMILES string of the molecule is CN=C(NCc1ccc(S(C)(=O)=O)c(C)c1)NCC(c1ccccc1)N1CCOCC1.I. The van der Waals surface area contributed by atoms with Crippen molar-refractivity contribution in [1.82, 2.24) is 15.5 Å². The Morgan fingerprint density at radius 2 is 1.81 bits per heavy atom. The average Bonchev–Trinajstić information content (AvgIpc) is 2.76. The minimum atomic E-state index is -3.21. The van der Waals surface area contributed by atoms with Crippen LogP contribution < -0.4 is 10.6 Å². The average molecular weight is 573 g/mol. The third-order valence-electron chi connectivity index (χ3n) is 5.46. The zero-order chi connectivity index (χ0) is 22.3. The Labute approximate surface area is 208 Å². The first-order valence-electron chi connectivity index (χ1n) is 10.5. The van der Waals surface area contributed by atoms with Crippen molar-refractivity contribution < 1.29 is 13.2 Å². The van der Waals surface area contributed by atoms with Crippen molar-refractivity contribution in [1.29, 1.82) is 0 Å². The largest absolute Gasteiger partial charge is 0.379 e. The molecule has 1 fully saturated rings. The number of hydrogen-bond acceptors (Lipinski definition) is 5. The zero-order valence-electron chi connectivity index (χ0n) is 18.9. The molecule has 0 aliphatic carbocycles. The van der Waals surface area contributed by atoms with Crippen LogP contribution in [0.1, 0.15) is 22.7 Å². The molecule has 32 heavy (non-hydrogen) atoms. The topological polar surface area (TPSA) is 83.0 Å². The predicted molar refractivity (Wildman–Crippen MR) is 139 cm³/mol. The Hall–Kier alpha value is -1.69. The highest BCUT2D eigenvalue weighted by molar-refractivity contribution is 14.0. The molecule has 9 heteroatoms. The predicted octanol–water partition coefficient (Wildman–Crippen LogP) is 2.76. The van der Waals surface area contributed by atoms with Crippen LogP contribution in [0.25, 0.3) is 0 Å². The number of rotatable bonds is 7. The van der Waals surface area contributed by atoms with Crippen LogP contribution in [-0.4, -0.2) is 65.4 Å². The molecule has 1 aliphatic heterocycles. The van der Waals surface area contributed by atoms with Crippen LogP contribution >= 0.6 is 24.0 Å². The fourth-order valence-electron chi connectivity index (χ4n) is 3.86. The highest BCUT2D eigenvalue weighted by Gasteiger charge is 2.22. The third-order valence-corrected chi connectivity index (χ3v) is 6.71. The number of guanidine groups is 1. The number of nitrogens with one attached hydrogen (secondary N) is 2. The Kier molecular flexibility index (Phi) is 10.4. The van der Waals surface area contributed by atoms with Crippen molar-refractivity contribution >= 4 is 39.8 Å². The first-order valence-corrected chi connectivity index (χ1v) is 12.4. The molecule has 3 rings (SSSR count). The summed E-state index contributed by atoms with van der Waals surface area (Å²) in [6.07, 6.45) is 1.23. The number of aryl methyl sites for hydroxylation is 1. The molecule has 2 aromatic carbocycles. The molecule has 1 aliphatic rings. The lowest BCUT2D eigenvalue weighted by molar-refractivity contribution is 0.0170. The second kappa shape index (κ2) is 12.5. The molecule has 1 saturated heterocycles. The molecule has 7 nitrogen and oxygen atoms in total. The van der Waals surface area contributed by atoms with Crippen molar-refractivity contribution in [2.75, 3.05) is 46.2 Å². The van der Waals surface area contributed by atoms with Gasteiger partial charge in [-0.2, -0.15) is 0 Å². The van der Waals surface area contributed by atoms with Gasteiger partial charge in [0.1, 0.15) is 0 Å². The van der Waals surface area contributed by atoms with Gasteiger partial charge in [-0.25, -0.2) is 8.42 Å². The maximum absolute atomic E-state index is 11.8. The summed E-state index contributed by atoms with van der Waals surface area (Å²) in [5.74, 6) is 0.707.